The van der Waals surface area contributed by atoms with Gasteiger partial charge in [-0.15, -0.1) is 10.2 Å². The predicted octanol–water partition coefficient (Wildman–Crippen LogP) is 2.78. The Bertz CT molecular complexity index is 843. The molecule has 0 saturated carbocycles. The predicted molar refractivity (Wildman–Crippen MR) is 91.7 cm³/mol. The number of hydrogen-bond acceptors (Lipinski definition) is 6. The van der Waals surface area contributed by atoms with Crippen molar-refractivity contribution < 1.29 is 23.1 Å². The van der Waals surface area contributed by atoms with Crippen molar-refractivity contribution in [1.29, 1.82) is 0 Å². The SMILES string of the molecule is COc1ccc(C)cc1N1C[C@@H](C(=O)Nc2nnc(C(F)F)s2)CC1=O. The molecule has 1 saturated heterocycles. The minimum absolute atomic E-state index is 0.00987. The number of amides is 2. The fourth-order valence-corrected chi connectivity index (χ4v) is 3.31. The minimum Gasteiger partial charge on any atom is -0.495 e. The Balaban J connectivity index is 1.73. The number of nitrogens with zero attached hydrogens (tertiary/aromatic N) is 3. The highest BCUT2D eigenvalue weighted by atomic mass is 32.1. The lowest BCUT2D eigenvalue weighted by Gasteiger charge is -2.20. The van der Waals surface area contributed by atoms with Crippen LogP contribution in [0.15, 0.2) is 18.2 Å². The zero-order valence-corrected chi connectivity index (χ0v) is 14.8. The highest BCUT2D eigenvalue weighted by Gasteiger charge is 2.36. The van der Waals surface area contributed by atoms with Crippen molar-refractivity contribution in [2.75, 3.05) is 23.9 Å². The number of aryl methyl sites for hydroxylation is 1. The second kappa shape index (κ2) is 7.32. The first-order chi connectivity index (χ1) is 12.4. The molecule has 1 aromatic carbocycles. The molecule has 0 spiro atoms. The van der Waals surface area contributed by atoms with E-state index in [-0.39, 0.29) is 24.0 Å². The van der Waals surface area contributed by atoms with Crippen molar-refractivity contribution in [3.8, 4) is 5.75 Å². The van der Waals surface area contributed by atoms with Gasteiger partial charge in [0.15, 0.2) is 5.01 Å². The largest absolute Gasteiger partial charge is 0.495 e. The summed E-state index contributed by atoms with van der Waals surface area (Å²) in [7, 11) is 1.51. The smallest absolute Gasteiger partial charge is 0.291 e. The lowest BCUT2D eigenvalue weighted by molar-refractivity contribution is -0.122. The molecule has 2 amide bonds. The maximum absolute atomic E-state index is 12.5. The second-order valence-electron chi connectivity index (χ2n) is 5.82. The molecule has 10 heteroatoms. The van der Waals surface area contributed by atoms with Gasteiger partial charge in [-0.2, -0.15) is 0 Å². The molecule has 0 aliphatic carbocycles. The standard InChI is InChI=1S/C16H16F2N4O3S/c1-8-3-4-11(25-2)10(5-8)22-7-9(6-12(22)23)14(24)19-16-21-20-15(26-16)13(17)18/h3-5,9,13H,6-7H2,1-2H3,(H,19,21,24)/t9-/m0/s1. The number of aromatic nitrogens is 2. The molecule has 0 bridgehead atoms. The van der Waals surface area contributed by atoms with Crippen LogP contribution >= 0.6 is 11.3 Å². The molecule has 1 aliphatic rings. The summed E-state index contributed by atoms with van der Waals surface area (Å²) in [5.74, 6) is -0.744. The summed E-state index contributed by atoms with van der Waals surface area (Å²) in [6.45, 7) is 2.06. The minimum atomic E-state index is -2.74. The van der Waals surface area contributed by atoms with Crippen LogP contribution in [0, 0.1) is 12.8 Å². The van der Waals surface area contributed by atoms with Crippen molar-refractivity contribution in [2.45, 2.75) is 19.8 Å². The van der Waals surface area contributed by atoms with Crippen LogP contribution in [0.4, 0.5) is 19.6 Å². The molecule has 1 aromatic heterocycles. The van der Waals surface area contributed by atoms with Crippen LogP contribution < -0.4 is 15.0 Å². The Morgan fingerprint density at radius 2 is 2.19 bits per heavy atom. The lowest BCUT2D eigenvalue weighted by atomic mass is 10.1. The van der Waals surface area contributed by atoms with E-state index in [4.69, 9.17) is 4.74 Å². The van der Waals surface area contributed by atoms with Gasteiger partial charge >= 0.3 is 0 Å². The van der Waals surface area contributed by atoms with E-state index in [2.05, 4.69) is 15.5 Å². The van der Waals surface area contributed by atoms with Gasteiger partial charge in [0, 0.05) is 13.0 Å². The van der Waals surface area contributed by atoms with Gasteiger partial charge in [-0.1, -0.05) is 17.4 Å². The van der Waals surface area contributed by atoms with E-state index in [1.54, 1.807) is 6.07 Å². The average Bonchev–Trinajstić information content (AvgIpc) is 3.21. The zero-order chi connectivity index (χ0) is 18.8. The normalized spacial score (nSPS) is 17.0. The summed E-state index contributed by atoms with van der Waals surface area (Å²) in [4.78, 5) is 26.2. The molecule has 3 rings (SSSR count). The second-order valence-corrected chi connectivity index (χ2v) is 6.83. The van der Waals surface area contributed by atoms with Gasteiger partial charge in [0.2, 0.25) is 16.9 Å². The Kier molecular flexibility index (Phi) is 5.12. The van der Waals surface area contributed by atoms with E-state index >= 15 is 0 Å². The molecule has 1 fully saturated rings. The number of nitrogens with one attached hydrogen (secondary N) is 1. The number of carbonyl (C=O) groups excluding carboxylic acids is 2. The molecule has 1 atom stereocenters. The monoisotopic (exact) mass is 382 g/mol. The van der Waals surface area contributed by atoms with Gasteiger partial charge in [0.25, 0.3) is 6.43 Å². The fourth-order valence-electron chi connectivity index (χ4n) is 2.71. The molecule has 2 aromatic rings. The van der Waals surface area contributed by atoms with E-state index in [1.807, 2.05) is 19.1 Å². The summed E-state index contributed by atoms with van der Waals surface area (Å²) in [6, 6.07) is 5.44. The summed E-state index contributed by atoms with van der Waals surface area (Å²) in [5.41, 5.74) is 1.55. The summed E-state index contributed by atoms with van der Waals surface area (Å²) in [5, 5.41) is 8.82. The highest BCUT2D eigenvalue weighted by molar-refractivity contribution is 7.15. The molecule has 0 unspecified atom stereocenters. The van der Waals surface area contributed by atoms with Crippen molar-refractivity contribution in [3.63, 3.8) is 0 Å². The number of hydrogen-bond donors (Lipinski definition) is 1. The number of carbonyl (C=O) groups is 2. The molecule has 138 valence electrons. The van der Waals surface area contributed by atoms with Crippen LogP contribution in [0.3, 0.4) is 0 Å². The van der Waals surface area contributed by atoms with Crippen LogP contribution in [0.25, 0.3) is 0 Å². The molecule has 0 radical (unpaired) electrons. The first-order valence-electron chi connectivity index (χ1n) is 7.76. The van der Waals surface area contributed by atoms with Gasteiger partial charge in [-0.3, -0.25) is 9.59 Å². The van der Waals surface area contributed by atoms with Crippen molar-refractivity contribution in [2.24, 2.45) is 5.92 Å². The van der Waals surface area contributed by atoms with Gasteiger partial charge < -0.3 is 15.0 Å². The van der Waals surface area contributed by atoms with Crippen molar-refractivity contribution in [1.82, 2.24) is 10.2 Å². The molecule has 1 N–H and O–H groups in total. The Morgan fingerprint density at radius 1 is 1.42 bits per heavy atom. The van der Waals surface area contributed by atoms with Gasteiger partial charge in [0.1, 0.15) is 5.75 Å². The van der Waals surface area contributed by atoms with Gasteiger partial charge in [-0.25, -0.2) is 8.78 Å². The van der Waals surface area contributed by atoms with E-state index in [0.717, 1.165) is 5.56 Å². The molecular formula is C16H16F2N4O3S. The van der Waals surface area contributed by atoms with Crippen molar-refractivity contribution in [3.05, 3.63) is 28.8 Å². The van der Waals surface area contributed by atoms with Crippen molar-refractivity contribution >= 4 is 34.0 Å². The van der Waals surface area contributed by atoms with Crippen LogP contribution in [0.1, 0.15) is 23.4 Å². The molecule has 26 heavy (non-hydrogen) atoms. The van der Waals surface area contributed by atoms with Crippen LogP contribution in [0.2, 0.25) is 0 Å². The maximum atomic E-state index is 12.5. The number of benzene rings is 1. The lowest BCUT2D eigenvalue weighted by Crippen LogP contribution is -2.28. The summed E-state index contributed by atoms with van der Waals surface area (Å²) < 4.78 is 30.4. The summed E-state index contributed by atoms with van der Waals surface area (Å²) >= 11 is 0.611. The van der Waals surface area contributed by atoms with E-state index in [0.29, 0.717) is 22.8 Å². The highest BCUT2D eigenvalue weighted by Crippen LogP contribution is 2.34. The number of alkyl halides is 2. The Hall–Kier alpha value is -2.62. The van der Waals surface area contributed by atoms with Gasteiger partial charge in [0.05, 0.1) is 18.7 Å². The average molecular weight is 382 g/mol. The van der Waals surface area contributed by atoms with Crippen LogP contribution in [-0.4, -0.2) is 35.7 Å². The number of rotatable bonds is 5. The van der Waals surface area contributed by atoms with E-state index < -0.39 is 23.3 Å². The Morgan fingerprint density at radius 3 is 2.85 bits per heavy atom. The third kappa shape index (κ3) is 3.64. The van der Waals surface area contributed by atoms with E-state index in [1.165, 1.54) is 12.0 Å². The molecule has 7 nitrogen and oxygen atoms in total. The van der Waals surface area contributed by atoms with Crippen LogP contribution in [0.5, 0.6) is 5.75 Å². The maximum Gasteiger partial charge on any atom is 0.291 e. The molecule has 2 heterocycles. The van der Waals surface area contributed by atoms with E-state index in [9.17, 15) is 18.4 Å². The number of methoxy groups -OCH3 is 1. The quantitative estimate of drug-likeness (QED) is 0.860. The number of anilines is 2. The molecule has 1 aliphatic heterocycles. The van der Waals surface area contributed by atoms with Crippen LogP contribution in [-0.2, 0) is 9.59 Å². The van der Waals surface area contributed by atoms with Gasteiger partial charge in [-0.05, 0) is 24.6 Å². The molecular weight excluding hydrogens is 366 g/mol. The third-order valence-electron chi connectivity index (χ3n) is 3.98. The topological polar surface area (TPSA) is 84.4 Å². The number of halogens is 2. The third-order valence-corrected chi connectivity index (χ3v) is 4.82. The fraction of sp³-hybridized carbons (Fsp3) is 0.375. The zero-order valence-electron chi connectivity index (χ0n) is 14.0. The Labute approximate surface area is 152 Å². The first-order valence-corrected chi connectivity index (χ1v) is 8.58. The first kappa shape index (κ1) is 18.2. The summed E-state index contributed by atoms with van der Waals surface area (Å²) in [6.07, 6.45) is -2.72. The number of ether oxygens (including phenoxy) is 1.